The Bertz CT molecular complexity index is 1780. The third-order valence-electron chi connectivity index (χ3n) is 9.79. The largest absolute Gasteiger partial charge is 0.416 e. The van der Waals surface area contributed by atoms with Crippen molar-refractivity contribution < 1.29 is 35.9 Å². The number of likely N-dealkylation sites (tertiary alicyclic amines) is 1. The molecular weight excluding hydrogens is 668 g/mol. The number of rotatable bonds is 10. The fourth-order valence-electron chi connectivity index (χ4n) is 7.35. The summed E-state index contributed by atoms with van der Waals surface area (Å²) in [6.07, 6.45) is -5.87. The van der Waals surface area contributed by atoms with Gasteiger partial charge in [-0.05, 0) is 83.8 Å². The van der Waals surface area contributed by atoms with Gasteiger partial charge in [-0.25, -0.2) is 0 Å². The summed E-state index contributed by atoms with van der Waals surface area (Å²) < 4.78 is 78.7. The number of carbonyl (C=O) groups excluding carboxylic acids is 2. The molecule has 2 amide bonds. The number of fused-ring (bicyclic) bond motifs is 3. The van der Waals surface area contributed by atoms with E-state index in [4.69, 9.17) is 0 Å². The van der Waals surface area contributed by atoms with E-state index in [9.17, 15) is 35.9 Å². The van der Waals surface area contributed by atoms with Crippen LogP contribution in [0.3, 0.4) is 0 Å². The van der Waals surface area contributed by atoms with E-state index in [1.54, 1.807) is 24.3 Å². The number of unbranched alkanes of at least 4 members (excludes halogenated alkanes) is 1. The van der Waals surface area contributed by atoms with Gasteiger partial charge in [0.25, 0.3) is 5.91 Å². The van der Waals surface area contributed by atoms with Gasteiger partial charge in [0, 0.05) is 24.7 Å². The zero-order valence-electron chi connectivity index (χ0n) is 27.2. The van der Waals surface area contributed by atoms with E-state index in [1.165, 1.54) is 12.1 Å². The predicted octanol–water partition coefficient (Wildman–Crippen LogP) is 9.02. The molecule has 0 unspecified atom stereocenters. The quantitative estimate of drug-likeness (QED) is 0.128. The molecule has 1 saturated heterocycles. The molecule has 1 aliphatic heterocycles. The Morgan fingerprint density at radius 1 is 0.725 bits per heavy atom. The Labute approximate surface area is 294 Å². The average Bonchev–Trinajstić information content (AvgIpc) is 3.39. The van der Waals surface area contributed by atoms with Crippen molar-refractivity contribution in [1.82, 2.24) is 15.5 Å². The average molecular weight is 710 g/mol. The summed E-state index contributed by atoms with van der Waals surface area (Å²) in [5, 5.41) is 5.27. The molecule has 0 aromatic heterocycles. The number of nitrogens with one attached hydrogen (secondary N) is 2. The molecule has 0 atom stereocenters. The molecule has 0 bridgehead atoms. The summed E-state index contributed by atoms with van der Waals surface area (Å²) in [5.41, 5.74) is 2.62. The second-order valence-corrected chi connectivity index (χ2v) is 13.0. The van der Waals surface area contributed by atoms with Gasteiger partial charge < -0.3 is 15.5 Å². The van der Waals surface area contributed by atoms with E-state index in [0.717, 1.165) is 60.4 Å². The normalized spacial score (nSPS) is 15.7. The van der Waals surface area contributed by atoms with Gasteiger partial charge in [-0.1, -0.05) is 92.7 Å². The number of hydrogen-bond acceptors (Lipinski definition) is 3. The molecule has 1 aliphatic carbocycles. The van der Waals surface area contributed by atoms with Gasteiger partial charge in [-0.3, -0.25) is 9.59 Å². The lowest BCUT2D eigenvalue weighted by molar-refractivity contribution is -0.141. The highest BCUT2D eigenvalue weighted by molar-refractivity contribution is 6.01. The van der Waals surface area contributed by atoms with Crippen molar-refractivity contribution in [3.8, 4) is 22.3 Å². The highest BCUT2D eigenvalue weighted by atomic mass is 19.4. The first-order valence-electron chi connectivity index (χ1n) is 16.7. The Hall–Kier alpha value is -4.64. The molecule has 2 aliphatic rings. The van der Waals surface area contributed by atoms with Gasteiger partial charge in [-0.2, -0.15) is 26.3 Å². The molecule has 4 aromatic rings. The summed E-state index contributed by atoms with van der Waals surface area (Å²) in [6, 6.07) is 26.4. The van der Waals surface area contributed by atoms with Crippen molar-refractivity contribution in [2.75, 3.05) is 26.2 Å². The summed E-state index contributed by atoms with van der Waals surface area (Å²) in [7, 11) is 0. The predicted molar refractivity (Wildman–Crippen MR) is 186 cm³/mol. The summed E-state index contributed by atoms with van der Waals surface area (Å²) in [4.78, 5) is 29.3. The van der Waals surface area contributed by atoms with E-state index in [0.29, 0.717) is 42.4 Å². The molecule has 11 heteroatoms. The van der Waals surface area contributed by atoms with Crippen molar-refractivity contribution in [2.24, 2.45) is 0 Å². The Morgan fingerprint density at radius 2 is 1.27 bits per heavy atom. The molecule has 270 valence electrons. The van der Waals surface area contributed by atoms with Crippen molar-refractivity contribution in [1.29, 1.82) is 0 Å². The fourth-order valence-corrected chi connectivity index (χ4v) is 7.35. The fraction of sp³-hybridized carbons (Fsp3) is 0.350. The molecule has 0 radical (unpaired) electrons. The number of hydrogen-bond donors (Lipinski definition) is 2. The van der Waals surface area contributed by atoms with Crippen LogP contribution in [0.5, 0.6) is 0 Å². The smallest absolute Gasteiger partial charge is 0.349 e. The maximum atomic E-state index is 13.7. The van der Waals surface area contributed by atoms with Gasteiger partial charge in [0.05, 0.1) is 5.56 Å². The molecule has 51 heavy (non-hydrogen) atoms. The minimum atomic E-state index is -4.53. The van der Waals surface area contributed by atoms with E-state index >= 15 is 0 Å². The standard InChI is InChI=1S/C39H37F6N3O2.CH4/c40-38(41,42)25-46-36(50)37(33-13-5-3-10-30(33)31-11-4-6-14-34(31)37)21-7-8-22-48-23-19-28(20-24-48)47-35(49)32-12-2-1-9-29(32)26-15-17-27(18-16-26)39(43,44)45;/h1-6,9-18,28H,7-8,19-25H2,(H,46,50)(H,47,49);1H4. The van der Waals surface area contributed by atoms with E-state index in [-0.39, 0.29) is 19.4 Å². The molecule has 5 nitrogen and oxygen atoms in total. The van der Waals surface area contributed by atoms with Crippen molar-refractivity contribution in [2.45, 2.75) is 63.3 Å². The number of carbonyl (C=O) groups is 2. The van der Waals surface area contributed by atoms with Crippen molar-refractivity contribution in [3.63, 3.8) is 0 Å². The SMILES string of the molecule is C.O=C(NC1CCN(CCCCC2(C(=O)NCC(F)(F)F)c3ccccc3-c3ccccc32)CC1)c1ccccc1-c1ccc(C(F)(F)F)cc1. The minimum Gasteiger partial charge on any atom is -0.349 e. The highest BCUT2D eigenvalue weighted by Gasteiger charge is 2.49. The first-order chi connectivity index (χ1) is 23.9. The third kappa shape index (κ3) is 8.14. The van der Waals surface area contributed by atoms with E-state index < -0.39 is 35.8 Å². The number of alkyl halides is 6. The van der Waals surface area contributed by atoms with Gasteiger partial charge in [-0.15, -0.1) is 0 Å². The molecule has 0 saturated carbocycles. The second kappa shape index (κ2) is 15.3. The lowest BCUT2D eigenvalue weighted by atomic mass is 9.73. The first kappa shape index (κ1) is 37.6. The lowest BCUT2D eigenvalue weighted by Gasteiger charge is -2.33. The zero-order valence-corrected chi connectivity index (χ0v) is 27.2. The monoisotopic (exact) mass is 709 g/mol. The maximum absolute atomic E-state index is 13.7. The van der Waals surface area contributed by atoms with Crippen LogP contribution in [0.4, 0.5) is 26.3 Å². The van der Waals surface area contributed by atoms with Gasteiger partial charge in [0.15, 0.2) is 0 Å². The molecule has 0 spiro atoms. The van der Waals surface area contributed by atoms with Crippen LogP contribution < -0.4 is 10.6 Å². The van der Waals surface area contributed by atoms with Crippen LogP contribution >= 0.6 is 0 Å². The first-order valence-corrected chi connectivity index (χ1v) is 16.7. The number of nitrogens with zero attached hydrogens (tertiary/aromatic N) is 1. The van der Waals surface area contributed by atoms with Crippen LogP contribution in [0.1, 0.15) is 66.6 Å². The van der Waals surface area contributed by atoms with Crippen LogP contribution in [0, 0.1) is 0 Å². The molecule has 6 rings (SSSR count). The van der Waals surface area contributed by atoms with Gasteiger partial charge >= 0.3 is 12.4 Å². The van der Waals surface area contributed by atoms with Crippen LogP contribution in [0.2, 0.25) is 0 Å². The minimum absolute atomic E-state index is 0. The Kier molecular flexibility index (Phi) is 11.3. The zero-order chi connectivity index (χ0) is 35.5. The van der Waals surface area contributed by atoms with Gasteiger partial charge in [0.1, 0.15) is 12.0 Å². The third-order valence-corrected chi connectivity index (χ3v) is 9.79. The van der Waals surface area contributed by atoms with Crippen LogP contribution in [0.25, 0.3) is 22.3 Å². The number of benzene rings is 4. The summed E-state index contributed by atoms with van der Waals surface area (Å²) in [6.45, 7) is 0.799. The topological polar surface area (TPSA) is 61.4 Å². The van der Waals surface area contributed by atoms with E-state index in [1.807, 2.05) is 48.5 Å². The van der Waals surface area contributed by atoms with Crippen molar-refractivity contribution >= 4 is 11.8 Å². The van der Waals surface area contributed by atoms with Crippen LogP contribution in [-0.4, -0.2) is 55.1 Å². The van der Waals surface area contributed by atoms with Crippen LogP contribution in [0.15, 0.2) is 97.1 Å². The molecule has 4 aromatic carbocycles. The highest BCUT2D eigenvalue weighted by Crippen LogP contribution is 2.51. The Balaban J connectivity index is 0.00000504. The molecule has 2 N–H and O–H groups in total. The van der Waals surface area contributed by atoms with Gasteiger partial charge in [0.2, 0.25) is 5.91 Å². The number of amides is 2. The van der Waals surface area contributed by atoms with Crippen LogP contribution in [-0.2, 0) is 16.4 Å². The summed E-state index contributed by atoms with van der Waals surface area (Å²) >= 11 is 0. The second-order valence-electron chi connectivity index (χ2n) is 13.0. The van der Waals surface area contributed by atoms with E-state index in [2.05, 4.69) is 15.5 Å². The van der Waals surface area contributed by atoms with Crippen molar-refractivity contribution in [3.05, 3.63) is 119 Å². The molecule has 1 heterocycles. The summed E-state index contributed by atoms with van der Waals surface area (Å²) in [5.74, 6) is -0.936. The number of halogens is 6. The lowest BCUT2D eigenvalue weighted by Crippen LogP contribution is -2.47. The molecule has 1 fully saturated rings. The molecular formula is C40H41F6N3O2. The Morgan fingerprint density at radius 3 is 1.84 bits per heavy atom. The number of piperidine rings is 1. The maximum Gasteiger partial charge on any atom is 0.416 e.